The van der Waals surface area contributed by atoms with E-state index < -0.39 is 6.04 Å². The van der Waals surface area contributed by atoms with Gasteiger partial charge in [0.1, 0.15) is 0 Å². The number of rotatable bonds is 9. The maximum atomic E-state index is 12.2. The van der Waals surface area contributed by atoms with Gasteiger partial charge < -0.3 is 16.0 Å². The first-order valence-corrected chi connectivity index (χ1v) is 7.72. The minimum Gasteiger partial charge on any atom is -0.349 e. The van der Waals surface area contributed by atoms with Crippen molar-refractivity contribution in [2.24, 2.45) is 11.7 Å². The van der Waals surface area contributed by atoms with Crippen molar-refractivity contribution in [2.75, 3.05) is 0 Å². The zero-order valence-electron chi connectivity index (χ0n) is 13.3. The number of allylic oxidation sites excluding steroid dienone is 1. The van der Waals surface area contributed by atoms with E-state index in [1.54, 1.807) is 12.5 Å². The molecule has 0 fully saturated rings. The SMILES string of the molecule is CCCC=C[C@H](CC(C)C)NC(=O)[C@@H](N)Cc1cnc[nH]1. The van der Waals surface area contributed by atoms with E-state index in [-0.39, 0.29) is 11.9 Å². The van der Waals surface area contributed by atoms with E-state index in [1.165, 1.54) is 0 Å². The Hall–Kier alpha value is -1.62. The lowest BCUT2D eigenvalue weighted by molar-refractivity contribution is -0.122. The van der Waals surface area contributed by atoms with Crippen LogP contribution in [-0.4, -0.2) is 28.0 Å². The number of amides is 1. The van der Waals surface area contributed by atoms with Crippen LogP contribution in [0.3, 0.4) is 0 Å². The second-order valence-corrected chi connectivity index (χ2v) is 5.85. The molecule has 0 aromatic carbocycles. The predicted octanol–water partition coefficient (Wildman–Crippen LogP) is 2.17. The van der Waals surface area contributed by atoms with Crippen molar-refractivity contribution >= 4 is 5.91 Å². The number of nitrogens with zero attached hydrogens (tertiary/aromatic N) is 1. The molecule has 0 unspecified atom stereocenters. The van der Waals surface area contributed by atoms with Crippen LogP contribution in [0.15, 0.2) is 24.7 Å². The average Bonchev–Trinajstić information content (AvgIpc) is 2.91. The molecule has 0 radical (unpaired) electrons. The number of carbonyl (C=O) groups excluding carboxylic acids is 1. The summed E-state index contributed by atoms with van der Waals surface area (Å²) in [5, 5.41) is 3.03. The molecule has 1 rings (SSSR count). The van der Waals surface area contributed by atoms with Crippen LogP contribution in [0, 0.1) is 5.92 Å². The highest BCUT2D eigenvalue weighted by molar-refractivity contribution is 5.82. The lowest BCUT2D eigenvalue weighted by atomic mass is 10.0. The first kappa shape index (κ1) is 17.4. The van der Waals surface area contributed by atoms with E-state index in [2.05, 4.69) is 48.2 Å². The molecule has 0 spiro atoms. The summed E-state index contributed by atoms with van der Waals surface area (Å²) in [5.74, 6) is 0.404. The molecule has 1 aromatic heterocycles. The van der Waals surface area contributed by atoms with Crippen molar-refractivity contribution < 1.29 is 4.79 Å². The molecule has 4 N–H and O–H groups in total. The van der Waals surface area contributed by atoms with Gasteiger partial charge in [-0.3, -0.25) is 4.79 Å². The van der Waals surface area contributed by atoms with Crippen LogP contribution in [0.5, 0.6) is 0 Å². The summed E-state index contributed by atoms with van der Waals surface area (Å²) in [4.78, 5) is 19.1. The van der Waals surface area contributed by atoms with Crippen molar-refractivity contribution in [3.8, 4) is 0 Å². The fourth-order valence-corrected chi connectivity index (χ4v) is 2.14. The number of H-pyrrole nitrogens is 1. The zero-order valence-corrected chi connectivity index (χ0v) is 13.3. The molecule has 118 valence electrons. The van der Waals surface area contributed by atoms with Gasteiger partial charge in [-0.15, -0.1) is 0 Å². The van der Waals surface area contributed by atoms with Gasteiger partial charge in [0.15, 0.2) is 0 Å². The zero-order chi connectivity index (χ0) is 15.7. The third kappa shape index (κ3) is 7.09. The first-order valence-electron chi connectivity index (χ1n) is 7.72. The van der Waals surface area contributed by atoms with Crippen LogP contribution < -0.4 is 11.1 Å². The Morgan fingerprint density at radius 2 is 2.29 bits per heavy atom. The minimum atomic E-state index is -0.556. The Labute approximate surface area is 127 Å². The lowest BCUT2D eigenvalue weighted by Crippen LogP contribution is -2.46. The Kier molecular flexibility index (Phi) is 7.75. The first-order chi connectivity index (χ1) is 10.0. The number of carbonyl (C=O) groups is 1. The van der Waals surface area contributed by atoms with E-state index in [0.29, 0.717) is 12.3 Å². The van der Waals surface area contributed by atoms with Crippen LogP contribution in [-0.2, 0) is 11.2 Å². The second kappa shape index (κ2) is 9.34. The van der Waals surface area contributed by atoms with Crippen molar-refractivity contribution in [3.63, 3.8) is 0 Å². The van der Waals surface area contributed by atoms with Gasteiger partial charge in [0, 0.05) is 24.4 Å². The predicted molar refractivity (Wildman–Crippen MR) is 85.7 cm³/mol. The number of aromatic amines is 1. The number of nitrogens with one attached hydrogen (secondary N) is 2. The van der Waals surface area contributed by atoms with Gasteiger partial charge >= 0.3 is 0 Å². The molecule has 5 nitrogen and oxygen atoms in total. The molecule has 0 aliphatic rings. The van der Waals surface area contributed by atoms with E-state index >= 15 is 0 Å². The van der Waals surface area contributed by atoms with Gasteiger partial charge in [0.2, 0.25) is 5.91 Å². The highest BCUT2D eigenvalue weighted by atomic mass is 16.2. The number of nitrogens with two attached hydrogens (primary N) is 1. The molecule has 0 saturated carbocycles. The average molecular weight is 292 g/mol. The highest BCUT2D eigenvalue weighted by Crippen LogP contribution is 2.07. The molecule has 1 amide bonds. The standard InChI is InChI=1S/C16H28N4O/c1-4-5-6-7-13(8-12(2)3)20-16(21)15(17)9-14-10-18-11-19-14/h6-7,10-13,15H,4-5,8-9,17H2,1-3H3,(H,18,19)(H,20,21)/t13-,15+/m1/s1. The fourth-order valence-electron chi connectivity index (χ4n) is 2.14. The Bertz CT molecular complexity index is 425. The van der Waals surface area contributed by atoms with E-state index in [4.69, 9.17) is 5.73 Å². The Morgan fingerprint density at radius 1 is 1.52 bits per heavy atom. The molecular weight excluding hydrogens is 264 g/mol. The third-order valence-corrected chi connectivity index (χ3v) is 3.21. The van der Waals surface area contributed by atoms with Gasteiger partial charge in [-0.2, -0.15) is 0 Å². The maximum absolute atomic E-state index is 12.2. The van der Waals surface area contributed by atoms with Gasteiger partial charge in [-0.25, -0.2) is 4.98 Å². The van der Waals surface area contributed by atoms with Crippen molar-refractivity contribution in [1.82, 2.24) is 15.3 Å². The van der Waals surface area contributed by atoms with E-state index in [9.17, 15) is 4.79 Å². The maximum Gasteiger partial charge on any atom is 0.237 e. The molecule has 0 aliphatic heterocycles. The molecular formula is C16H28N4O. The highest BCUT2D eigenvalue weighted by Gasteiger charge is 2.18. The van der Waals surface area contributed by atoms with Gasteiger partial charge in [0.25, 0.3) is 0 Å². The summed E-state index contributed by atoms with van der Waals surface area (Å²) < 4.78 is 0. The second-order valence-electron chi connectivity index (χ2n) is 5.85. The topological polar surface area (TPSA) is 83.8 Å². The van der Waals surface area contributed by atoms with Crippen molar-refractivity contribution in [1.29, 1.82) is 0 Å². The Balaban J connectivity index is 2.53. The lowest BCUT2D eigenvalue weighted by Gasteiger charge is -2.20. The summed E-state index contributed by atoms with van der Waals surface area (Å²) in [6.45, 7) is 6.44. The summed E-state index contributed by atoms with van der Waals surface area (Å²) in [7, 11) is 0. The quantitative estimate of drug-likeness (QED) is 0.610. The van der Waals surface area contributed by atoms with Gasteiger partial charge in [-0.1, -0.05) is 39.3 Å². The van der Waals surface area contributed by atoms with Crippen molar-refractivity contribution in [3.05, 3.63) is 30.4 Å². The van der Waals surface area contributed by atoms with Crippen molar-refractivity contribution in [2.45, 2.75) is 58.5 Å². The van der Waals surface area contributed by atoms with Crippen LogP contribution in [0.1, 0.15) is 45.7 Å². The van der Waals surface area contributed by atoms with Gasteiger partial charge in [-0.05, 0) is 18.8 Å². The summed E-state index contributed by atoms with van der Waals surface area (Å²) in [6, 6.07) is -0.503. The number of hydrogen-bond acceptors (Lipinski definition) is 3. The summed E-state index contributed by atoms with van der Waals surface area (Å²) in [6.07, 6.45) is 11.0. The minimum absolute atomic E-state index is 0.0527. The van der Waals surface area contributed by atoms with Crippen LogP contribution >= 0.6 is 0 Å². The normalized spacial score (nSPS) is 14.5. The molecule has 1 heterocycles. The smallest absolute Gasteiger partial charge is 0.237 e. The molecule has 5 heteroatoms. The molecule has 21 heavy (non-hydrogen) atoms. The molecule has 2 atom stereocenters. The number of aromatic nitrogens is 2. The number of hydrogen-bond donors (Lipinski definition) is 3. The molecule has 0 saturated heterocycles. The van der Waals surface area contributed by atoms with E-state index in [1.807, 2.05) is 0 Å². The molecule has 0 bridgehead atoms. The molecule has 1 aromatic rings. The number of imidazole rings is 1. The fraction of sp³-hybridized carbons (Fsp3) is 0.625. The third-order valence-electron chi connectivity index (χ3n) is 3.21. The number of unbranched alkanes of at least 4 members (excludes halogenated alkanes) is 1. The van der Waals surface area contributed by atoms with Crippen LogP contribution in [0.2, 0.25) is 0 Å². The summed E-state index contributed by atoms with van der Waals surface area (Å²) in [5.41, 5.74) is 6.83. The van der Waals surface area contributed by atoms with Gasteiger partial charge in [0.05, 0.1) is 12.4 Å². The summed E-state index contributed by atoms with van der Waals surface area (Å²) >= 11 is 0. The Morgan fingerprint density at radius 3 is 2.86 bits per heavy atom. The van der Waals surface area contributed by atoms with E-state index in [0.717, 1.165) is 25.0 Å². The van der Waals surface area contributed by atoms with Crippen LogP contribution in [0.4, 0.5) is 0 Å². The monoisotopic (exact) mass is 292 g/mol. The largest absolute Gasteiger partial charge is 0.349 e. The molecule has 0 aliphatic carbocycles. The van der Waals surface area contributed by atoms with Crippen LogP contribution in [0.25, 0.3) is 0 Å².